The SMILES string of the molecule is O=C(CNC(=S)Nc1ccccc1)c1ccccc1. The highest BCUT2D eigenvalue weighted by Gasteiger charge is 2.05. The van der Waals surface area contributed by atoms with Crippen LogP contribution in [0.4, 0.5) is 5.69 Å². The summed E-state index contributed by atoms with van der Waals surface area (Å²) in [4.78, 5) is 11.9. The second-order valence-electron chi connectivity index (χ2n) is 3.96. The normalized spacial score (nSPS) is 9.68. The Labute approximate surface area is 117 Å². The fourth-order valence-corrected chi connectivity index (χ4v) is 1.77. The number of benzene rings is 2. The first-order chi connectivity index (χ1) is 9.25. The summed E-state index contributed by atoms with van der Waals surface area (Å²) in [5, 5.41) is 6.36. The van der Waals surface area contributed by atoms with Crippen LogP contribution in [0.3, 0.4) is 0 Å². The van der Waals surface area contributed by atoms with E-state index in [9.17, 15) is 4.79 Å². The van der Waals surface area contributed by atoms with Crippen molar-refractivity contribution < 1.29 is 4.79 Å². The van der Waals surface area contributed by atoms with E-state index < -0.39 is 0 Å². The van der Waals surface area contributed by atoms with E-state index in [1.807, 2.05) is 48.5 Å². The summed E-state index contributed by atoms with van der Waals surface area (Å²) >= 11 is 5.13. The van der Waals surface area contributed by atoms with Gasteiger partial charge in [-0.2, -0.15) is 0 Å². The zero-order valence-corrected chi connectivity index (χ0v) is 11.1. The number of thiocarbonyl (C=S) groups is 1. The number of Topliss-reactive ketones (excluding diaryl/α,β-unsaturated/α-hetero) is 1. The largest absolute Gasteiger partial charge is 0.355 e. The van der Waals surface area contributed by atoms with Crippen molar-refractivity contribution in [1.82, 2.24) is 5.32 Å². The minimum absolute atomic E-state index is 0.0119. The van der Waals surface area contributed by atoms with E-state index >= 15 is 0 Å². The molecule has 2 N–H and O–H groups in total. The van der Waals surface area contributed by atoms with Crippen LogP contribution < -0.4 is 10.6 Å². The number of carbonyl (C=O) groups is 1. The van der Waals surface area contributed by atoms with Gasteiger partial charge in [0.2, 0.25) is 0 Å². The van der Waals surface area contributed by atoms with Gasteiger partial charge in [0.15, 0.2) is 10.9 Å². The first-order valence-corrected chi connectivity index (χ1v) is 6.34. The van der Waals surface area contributed by atoms with Crippen LogP contribution in [0.5, 0.6) is 0 Å². The molecule has 0 aliphatic heterocycles. The highest BCUT2D eigenvalue weighted by molar-refractivity contribution is 7.80. The Morgan fingerprint density at radius 2 is 1.53 bits per heavy atom. The van der Waals surface area contributed by atoms with Crippen molar-refractivity contribution in [3.63, 3.8) is 0 Å². The summed E-state index contributed by atoms with van der Waals surface area (Å²) in [6.07, 6.45) is 0. The highest BCUT2D eigenvalue weighted by atomic mass is 32.1. The number of ketones is 1. The van der Waals surface area contributed by atoms with Crippen molar-refractivity contribution in [3.05, 3.63) is 66.2 Å². The van der Waals surface area contributed by atoms with Crippen LogP contribution in [-0.4, -0.2) is 17.4 Å². The molecule has 0 unspecified atom stereocenters. The molecule has 0 saturated carbocycles. The summed E-state index contributed by atoms with van der Waals surface area (Å²) in [6.45, 7) is 0.183. The van der Waals surface area contributed by atoms with Gasteiger partial charge >= 0.3 is 0 Å². The molecule has 0 aromatic heterocycles. The molecule has 2 aromatic carbocycles. The van der Waals surface area contributed by atoms with Gasteiger partial charge < -0.3 is 10.6 Å². The molecule has 0 radical (unpaired) electrons. The van der Waals surface area contributed by atoms with E-state index in [0.717, 1.165) is 5.69 Å². The minimum Gasteiger partial charge on any atom is -0.355 e. The van der Waals surface area contributed by atoms with Crippen LogP contribution in [0.25, 0.3) is 0 Å². The van der Waals surface area contributed by atoms with Gasteiger partial charge in [0.05, 0.1) is 6.54 Å². The van der Waals surface area contributed by atoms with Gasteiger partial charge in [-0.05, 0) is 24.4 Å². The van der Waals surface area contributed by atoms with Crippen LogP contribution in [0, 0.1) is 0 Å². The molecule has 0 spiro atoms. The lowest BCUT2D eigenvalue weighted by Crippen LogP contribution is -2.33. The van der Waals surface area contributed by atoms with Crippen LogP contribution in [-0.2, 0) is 0 Å². The maximum Gasteiger partial charge on any atom is 0.181 e. The fourth-order valence-electron chi connectivity index (χ4n) is 1.58. The summed E-state index contributed by atoms with van der Waals surface area (Å²) in [7, 11) is 0. The van der Waals surface area contributed by atoms with Crippen molar-refractivity contribution in [2.75, 3.05) is 11.9 Å². The molecule has 2 rings (SSSR count). The topological polar surface area (TPSA) is 41.1 Å². The fraction of sp³-hybridized carbons (Fsp3) is 0.0667. The average Bonchev–Trinajstić information content (AvgIpc) is 2.47. The van der Waals surface area contributed by atoms with Crippen LogP contribution >= 0.6 is 12.2 Å². The molecule has 2 aromatic rings. The third-order valence-electron chi connectivity index (χ3n) is 2.54. The first-order valence-electron chi connectivity index (χ1n) is 5.94. The van der Waals surface area contributed by atoms with Crippen molar-refractivity contribution >= 4 is 28.8 Å². The van der Waals surface area contributed by atoms with Crippen molar-refractivity contribution in [2.45, 2.75) is 0 Å². The molecule has 3 nitrogen and oxygen atoms in total. The number of carbonyl (C=O) groups excluding carboxylic acids is 1. The number of hydrogen-bond acceptors (Lipinski definition) is 2. The lowest BCUT2D eigenvalue weighted by molar-refractivity contribution is 0.0996. The Morgan fingerprint density at radius 1 is 0.947 bits per heavy atom. The van der Waals surface area contributed by atoms with Crippen LogP contribution in [0.15, 0.2) is 60.7 Å². The molecular weight excluding hydrogens is 256 g/mol. The minimum atomic E-state index is 0.0119. The Balaban J connectivity index is 1.83. The quantitative estimate of drug-likeness (QED) is 0.662. The maximum atomic E-state index is 11.9. The van der Waals surface area contributed by atoms with Crippen LogP contribution in [0.1, 0.15) is 10.4 Å². The monoisotopic (exact) mass is 270 g/mol. The zero-order chi connectivity index (χ0) is 13.5. The van der Waals surface area contributed by atoms with Crippen molar-refractivity contribution in [3.8, 4) is 0 Å². The third kappa shape index (κ3) is 4.19. The van der Waals surface area contributed by atoms with Gasteiger partial charge in [-0.3, -0.25) is 4.79 Å². The number of nitrogens with one attached hydrogen (secondary N) is 2. The molecule has 4 heteroatoms. The molecule has 0 fully saturated rings. The van der Waals surface area contributed by atoms with E-state index in [2.05, 4.69) is 10.6 Å². The lowest BCUT2D eigenvalue weighted by atomic mass is 10.1. The van der Waals surface area contributed by atoms with Gasteiger partial charge in [0.25, 0.3) is 0 Å². The van der Waals surface area contributed by atoms with E-state index in [1.165, 1.54) is 0 Å². The maximum absolute atomic E-state index is 11.9. The van der Waals surface area contributed by atoms with Gasteiger partial charge in [-0.15, -0.1) is 0 Å². The predicted molar refractivity (Wildman–Crippen MR) is 81.4 cm³/mol. The molecule has 0 atom stereocenters. The first kappa shape index (κ1) is 13.2. The second-order valence-corrected chi connectivity index (χ2v) is 4.37. The number of para-hydroxylation sites is 1. The van der Waals surface area contributed by atoms with E-state index in [4.69, 9.17) is 12.2 Å². The van der Waals surface area contributed by atoms with Gasteiger partial charge in [0.1, 0.15) is 0 Å². The molecule has 19 heavy (non-hydrogen) atoms. The lowest BCUT2D eigenvalue weighted by Gasteiger charge is -2.09. The molecule has 96 valence electrons. The Kier molecular flexibility index (Phi) is 4.64. The van der Waals surface area contributed by atoms with Gasteiger partial charge in [0, 0.05) is 11.3 Å². The second kappa shape index (κ2) is 6.66. The molecular formula is C15H14N2OS. The summed E-state index contributed by atoms with van der Waals surface area (Å²) in [6, 6.07) is 18.7. The van der Waals surface area contributed by atoms with E-state index in [0.29, 0.717) is 10.7 Å². The Morgan fingerprint density at radius 3 is 2.16 bits per heavy atom. The standard InChI is InChI=1S/C15H14N2OS/c18-14(12-7-3-1-4-8-12)11-16-15(19)17-13-9-5-2-6-10-13/h1-10H,11H2,(H2,16,17,19). The van der Waals surface area contributed by atoms with Crippen LogP contribution in [0.2, 0.25) is 0 Å². The molecule has 0 aliphatic rings. The zero-order valence-electron chi connectivity index (χ0n) is 10.3. The van der Waals surface area contributed by atoms with E-state index in [1.54, 1.807) is 12.1 Å². The smallest absolute Gasteiger partial charge is 0.181 e. The summed E-state index contributed by atoms with van der Waals surface area (Å²) < 4.78 is 0. The number of rotatable bonds is 4. The number of anilines is 1. The molecule has 0 bridgehead atoms. The third-order valence-corrected chi connectivity index (χ3v) is 2.78. The Hall–Kier alpha value is -2.20. The highest BCUT2D eigenvalue weighted by Crippen LogP contribution is 2.04. The number of hydrogen-bond donors (Lipinski definition) is 2. The van der Waals surface area contributed by atoms with Gasteiger partial charge in [-0.1, -0.05) is 48.5 Å². The average molecular weight is 270 g/mol. The van der Waals surface area contributed by atoms with E-state index in [-0.39, 0.29) is 12.3 Å². The summed E-state index contributed by atoms with van der Waals surface area (Å²) in [5.41, 5.74) is 1.57. The van der Waals surface area contributed by atoms with Crippen molar-refractivity contribution in [2.24, 2.45) is 0 Å². The molecule has 0 aliphatic carbocycles. The predicted octanol–water partition coefficient (Wildman–Crippen LogP) is 2.86. The summed E-state index contributed by atoms with van der Waals surface area (Å²) in [5.74, 6) is 0.0119. The molecule has 0 amide bonds. The molecule has 0 saturated heterocycles. The van der Waals surface area contributed by atoms with Crippen molar-refractivity contribution in [1.29, 1.82) is 0 Å². The van der Waals surface area contributed by atoms with Gasteiger partial charge in [-0.25, -0.2) is 0 Å². The molecule has 0 heterocycles. The Bertz CT molecular complexity index is 555.